The number of carbonyl (C=O) groups is 1. The summed E-state index contributed by atoms with van der Waals surface area (Å²) in [7, 11) is 0. The van der Waals surface area contributed by atoms with E-state index in [0.29, 0.717) is 13.1 Å². The Kier molecular flexibility index (Phi) is 6.80. The van der Waals surface area contributed by atoms with Gasteiger partial charge in [-0.1, -0.05) is 12.1 Å². The van der Waals surface area contributed by atoms with E-state index >= 15 is 0 Å². The number of amides is 1. The molecule has 0 bridgehead atoms. The summed E-state index contributed by atoms with van der Waals surface area (Å²) in [5, 5.41) is 5.50. The van der Waals surface area contributed by atoms with E-state index in [1.807, 2.05) is 39.0 Å². The van der Waals surface area contributed by atoms with Gasteiger partial charge in [-0.3, -0.25) is 0 Å². The van der Waals surface area contributed by atoms with Gasteiger partial charge in [-0.05, 0) is 62.9 Å². The van der Waals surface area contributed by atoms with E-state index in [1.54, 1.807) is 16.2 Å². The van der Waals surface area contributed by atoms with Crippen LogP contribution < -0.4 is 14.8 Å². The van der Waals surface area contributed by atoms with Crippen LogP contribution in [0.2, 0.25) is 0 Å². The van der Waals surface area contributed by atoms with Gasteiger partial charge in [0.25, 0.3) is 0 Å². The number of rotatable bonds is 8. The number of nitrogens with one attached hydrogen (secondary N) is 1. The fraction of sp³-hybridized carbons (Fsp3) is 0.476. The number of ether oxygens (including phenoxy) is 3. The van der Waals surface area contributed by atoms with Crippen LogP contribution in [0.5, 0.6) is 11.5 Å². The smallest absolute Gasteiger partial charge is 0.410 e. The molecule has 28 heavy (non-hydrogen) atoms. The molecule has 7 heteroatoms. The van der Waals surface area contributed by atoms with Gasteiger partial charge in [0.2, 0.25) is 6.79 Å². The Balaban J connectivity index is 1.55. The summed E-state index contributed by atoms with van der Waals surface area (Å²) in [5.74, 6) is 1.46. The minimum Gasteiger partial charge on any atom is -0.454 e. The van der Waals surface area contributed by atoms with Crippen molar-refractivity contribution in [2.45, 2.75) is 45.9 Å². The van der Waals surface area contributed by atoms with Gasteiger partial charge in [0, 0.05) is 24.5 Å². The lowest BCUT2D eigenvalue weighted by Crippen LogP contribution is -2.37. The van der Waals surface area contributed by atoms with Gasteiger partial charge < -0.3 is 24.4 Å². The number of benzene rings is 1. The monoisotopic (exact) mass is 404 g/mol. The molecular formula is C21H28N2O4S. The number of hydrogen-bond donors (Lipinski definition) is 1. The van der Waals surface area contributed by atoms with Crippen LogP contribution >= 0.6 is 11.3 Å². The first-order chi connectivity index (χ1) is 13.4. The molecule has 0 atom stereocenters. The van der Waals surface area contributed by atoms with E-state index in [1.165, 1.54) is 4.88 Å². The van der Waals surface area contributed by atoms with Gasteiger partial charge in [0.1, 0.15) is 5.60 Å². The van der Waals surface area contributed by atoms with Gasteiger partial charge in [-0.25, -0.2) is 4.79 Å². The summed E-state index contributed by atoms with van der Waals surface area (Å²) in [6, 6.07) is 9.93. The molecule has 0 saturated carbocycles. The molecule has 0 radical (unpaired) electrons. The topological polar surface area (TPSA) is 60.0 Å². The van der Waals surface area contributed by atoms with Crippen LogP contribution in [0.3, 0.4) is 0 Å². The minimum atomic E-state index is -0.526. The summed E-state index contributed by atoms with van der Waals surface area (Å²) < 4.78 is 16.4. The molecule has 3 rings (SSSR count). The van der Waals surface area contributed by atoms with Gasteiger partial charge in [0.15, 0.2) is 11.5 Å². The average Bonchev–Trinajstić information content (AvgIpc) is 3.30. The summed E-state index contributed by atoms with van der Waals surface area (Å²) in [6.07, 6.45) is 0.540. The molecule has 0 saturated heterocycles. The molecule has 1 aromatic carbocycles. The van der Waals surface area contributed by atoms with Gasteiger partial charge in [0.05, 0.1) is 0 Å². The highest BCUT2D eigenvalue weighted by molar-refractivity contribution is 7.09. The predicted molar refractivity (Wildman–Crippen MR) is 110 cm³/mol. The lowest BCUT2D eigenvalue weighted by atomic mass is 10.2. The summed E-state index contributed by atoms with van der Waals surface area (Å²) in [4.78, 5) is 15.7. The minimum absolute atomic E-state index is 0.241. The molecule has 2 aromatic rings. The highest BCUT2D eigenvalue weighted by Gasteiger charge is 2.23. The van der Waals surface area contributed by atoms with Crippen molar-refractivity contribution in [2.24, 2.45) is 0 Å². The SMILES string of the molecule is CC(C)(C)OC(=O)N(CCCNCc1cccs1)Cc1ccc2c(c1)OCO2. The Morgan fingerprint density at radius 3 is 2.82 bits per heavy atom. The molecule has 0 fully saturated rings. The van der Waals surface area contributed by atoms with Crippen molar-refractivity contribution in [1.82, 2.24) is 10.2 Å². The Morgan fingerprint density at radius 2 is 2.07 bits per heavy atom. The second-order valence-corrected chi connectivity index (χ2v) is 8.73. The molecule has 152 valence electrons. The van der Waals surface area contributed by atoms with Crippen LogP contribution in [0.15, 0.2) is 35.7 Å². The lowest BCUT2D eigenvalue weighted by Gasteiger charge is -2.27. The third-order valence-electron chi connectivity index (χ3n) is 4.12. The molecule has 1 amide bonds. The highest BCUT2D eigenvalue weighted by atomic mass is 32.1. The predicted octanol–water partition coefficient (Wildman–Crippen LogP) is 4.39. The molecule has 1 aliphatic rings. The van der Waals surface area contributed by atoms with Crippen LogP contribution in [0.25, 0.3) is 0 Å². The number of carbonyl (C=O) groups excluding carboxylic acids is 1. The first kappa shape index (κ1) is 20.5. The molecule has 1 N–H and O–H groups in total. The fourth-order valence-corrected chi connectivity index (χ4v) is 3.52. The van der Waals surface area contributed by atoms with Gasteiger partial charge >= 0.3 is 6.09 Å². The Bertz CT molecular complexity index is 771. The molecule has 6 nitrogen and oxygen atoms in total. The number of nitrogens with zero attached hydrogens (tertiary/aromatic N) is 1. The number of thiophene rings is 1. The second kappa shape index (κ2) is 9.30. The van der Waals surface area contributed by atoms with Crippen molar-refractivity contribution in [3.05, 3.63) is 46.2 Å². The van der Waals surface area contributed by atoms with Gasteiger partial charge in [-0.15, -0.1) is 11.3 Å². The highest BCUT2D eigenvalue weighted by Crippen LogP contribution is 2.33. The maximum Gasteiger partial charge on any atom is 0.410 e. The van der Waals surface area contributed by atoms with Gasteiger partial charge in [-0.2, -0.15) is 0 Å². The summed E-state index contributed by atoms with van der Waals surface area (Å²) >= 11 is 1.74. The van der Waals surface area contributed by atoms with Crippen molar-refractivity contribution in [1.29, 1.82) is 0 Å². The summed E-state index contributed by atoms with van der Waals surface area (Å²) in [6.45, 7) is 8.65. The number of hydrogen-bond acceptors (Lipinski definition) is 6. The van der Waals surface area contributed by atoms with Crippen LogP contribution in [-0.2, 0) is 17.8 Å². The zero-order chi connectivity index (χ0) is 20.0. The third-order valence-corrected chi connectivity index (χ3v) is 5.00. The van der Waals surface area contributed by atoms with E-state index < -0.39 is 5.60 Å². The first-order valence-corrected chi connectivity index (χ1v) is 10.4. The van der Waals surface area contributed by atoms with Crippen molar-refractivity contribution in [3.8, 4) is 11.5 Å². The van der Waals surface area contributed by atoms with E-state index in [0.717, 1.165) is 36.6 Å². The molecular weight excluding hydrogens is 376 g/mol. The van der Waals surface area contributed by atoms with Crippen LogP contribution in [0, 0.1) is 0 Å². The molecule has 0 aliphatic carbocycles. The van der Waals surface area contributed by atoms with Crippen molar-refractivity contribution in [3.63, 3.8) is 0 Å². The van der Waals surface area contributed by atoms with E-state index in [2.05, 4.69) is 22.8 Å². The largest absolute Gasteiger partial charge is 0.454 e. The van der Waals surface area contributed by atoms with E-state index in [-0.39, 0.29) is 12.9 Å². The molecule has 2 heterocycles. The lowest BCUT2D eigenvalue weighted by molar-refractivity contribution is 0.0231. The maximum absolute atomic E-state index is 12.7. The molecule has 1 aromatic heterocycles. The Morgan fingerprint density at radius 1 is 1.25 bits per heavy atom. The maximum atomic E-state index is 12.7. The van der Waals surface area contributed by atoms with Crippen LogP contribution in [0.4, 0.5) is 4.79 Å². The zero-order valence-corrected chi connectivity index (χ0v) is 17.5. The molecule has 1 aliphatic heterocycles. The van der Waals surface area contributed by atoms with Crippen LogP contribution in [0.1, 0.15) is 37.6 Å². The van der Waals surface area contributed by atoms with Crippen molar-refractivity contribution in [2.75, 3.05) is 19.9 Å². The quantitative estimate of drug-likeness (QED) is 0.661. The Hall–Kier alpha value is -2.25. The normalized spacial score (nSPS) is 12.8. The first-order valence-electron chi connectivity index (χ1n) is 9.50. The Labute approximate surface area is 170 Å². The average molecular weight is 405 g/mol. The van der Waals surface area contributed by atoms with E-state index in [9.17, 15) is 4.79 Å². The third kappa shape index (κ3) is 6.14. The van der Waals surface area contributed by atoms with Crippen molar-refractivity contribution >= 4 is 17.4 Å². The van der Waals surface area contributed by atoms with Crippen LogP contribution in [-0.4, -0.2) is 36.5 Å². The standard InChI is InChI=1S/C21H28N2O4S/c1-21(2,3)27-20(24)23(10-5-9-22-13-17-6-4-11-28-17)14-16-7-8-18-19(12-16)26-15-25-18/h4,6-8,11-12,22H,5,9-10,13-15H2,1-3H3. The van der Waals surface area contributed by atoms with E-state index in [4.69, 9.17) is 14.2 Å². The van der Waals surface area contributed by atoms with Crippen molar-refractivity contribution < 1.29 is 19.0 Å². The molecule has 0 spiro atoms. The number of fused-ring (bicyclic) bond motifs is 1. The fourth-order valence-electron chi connectivity index (χ4n) is 2.84. The summed E-state index contributed by atoms with van der Waals surface area (Å²) in [5.41, 5.74) is 0.461. The zero-order valence-electron chi connectivity index (χ0n) is 16.7. The molecule has 0 unspecified atom stereocenters. The second-order valence-electron chi connectivity index (χ2n) is 7.70.